The van der Waals surface area contributed by atoms with Crippen molar-refractivity contribution in [3.05, 3.63) is 24.0 Å². The molecule has 2 nitrogen and oxygen atoms in total. The van der Waals surface area contributed by atoms with E-state index in [-0.39, 0.29) is 0 Å². The van der Waals surface area contributed by atoms with Crippen LogP contribution in [0.1, 0.15) is 32.6 Å². The number of rotatable bonds is 5. The summed E-state index contributed by atoms with van der Waals surface area (Å²) in [6.07, 6.45) is 4.89. The summed E-state index contributed by atoms with van der Waals surface area (Å²) in [7, 11) is 0. The second-order valence-electron chi connectivity index (χ2n) is 5.54. The van der Waals surface area contributed by atoms with Gasteiger partial charge >= 0.3 is 6.61 Å². The van der Waals surface area contributed by atoms with Gasteiger partial charge in [0.1, 0.15) is 0 Å². The maximum atomic E-state index is 13.5. The zero-order valence-electron chi connectivity index (χ0n) is 11.5. The zero-order chi connectivity index (χ0) is 14.5. The maximum absolute atomic E-state index is 13.5. The number of anilines is 1. The normalized spacial score (nSPS) is 22.9. The molecular formula is C15H20F3NO. The summed E-state index contributed by atoms with van der Waals surface area (Å²) in [5.74, 6) is 0.150. The first-order valence-electron chi connectivity index (χ1n) is 7.03. The van der Waals surface area contributed by atoms with Crippen LogP contribution in [0.15, 0.2) is 18.2 Å². The van der Waals surface area contributed by atoms with Gasteiger partial charge in [-0.1, -0.05) is 19.8 Å². The second kappa shape index (κ2) is 6.86. The highest BCUT2D eigenvalue weighted by Crippen LogP contribution is 2.29. The van der Waals surface area contributed by atoms with Crippen molar-refractivity contribution in [2.24, 2.45) is 11.8 Å². The van der Waals surface area contributed by atoms with Gasteiger partial charge in [0, 0.05) is 18.3 Å². The van der Waals surface area contributed by atoms with E-state index in [0.29, 0.717) is 11.6 Å². The smallest absolute Gasteiger partial charge is 0.387 e. The van der Waals surface area contributed by atoms with Crippen LogP contribution in [0.3, 0.4) is 0 Å². The Labute approximate surface area is 117 Å². The highest BCUT2D eigenvalue weighted by molar-refractivity contribution is 5.47. The predicted molar refractivity (Wildman–Crippen MR) is 72.6 cm³/mol. The number of halogens is 3. The minimum Gasteiger partial charge on any atom is -0.432 e. The van der Waals surface area contributed by atoms with Gasteiger partial charge in [-0.05, 0) is 36.8 Å². The van der Waals surface area contributed by atoms with Crippen molar-refractivity contribution >= 4 is 5.69 Å². The van der Waals surface area contributed by atoms with E-state index in [9.17, 15) is 13.2 Å². The van der Waals surface area contributed by atoms with Crippen molar-refractivity contribution in [1.29, 1.82) is 0 Å². The number of alkyl halides is 2. The average molecular weight is 287 g/mol. The fraction of sp³-hybridized carbons (Fsp3) is 0.600. The lowest BCUT2D eigenvalue weighted by Crippen LogP contribution is -2.21. The molecule has 1 aromatic carbocycles. The summed E-state index contributed by atoms with van der Waals surface area (Å²) in [6, 6.07) is 3.99. The molecule has 2 unspecified atom stereocenters. The standard InChI is InChI=1S/C15H20F3NO/c1-10-3-2-4-11(7-10)9-19-12-5-6-14(13(16)8-12)20-15(17)18/h5-6,8,10-11,15,19H,2-4,7,9H2,1H3. The van der Waals surface area contributed by atoms with Gasteiger partial charge in [-0.3, -0.25) is 0 Å². The monoisotopic (exact) mass is 287 g/mol. The Morgan fingerprint density at radius 1 is 1.35 bits per heavy atom. The quantitative estimate of drug-likeness (QED) is 0.850. The van der Waals surface area contributed by atoms with Crippen LogP contribution >= 0.6 is 0 Å². The van der Waals surface area contributed by atoms with Crippen molar-refractivity contribution < 1.29 is 17.9 Å². The van der Waals surface area contributed by atoms with Crippen molar-refractivity contribution in [2.75, 3.05) is 11.9 Å². The van der Waals surface area contributed by atoms with E-state index in [1.54, 1.807) is 6.07 Å². The molecular weight excluding hydrogens is 267 g/mol. The van der Waals surface area contributed by atoms with E-state index in [4.69, 9.17) is 0 Å². The molecule has 0 heterocycles. The van der Waals surface area contributed by atoms with Gasteiger partial charge in [0.25, 0.3) is 0 Å². The molecule has 1 saturated carbocycles. The number of ether oxygens (including phenoxy) is 1. The predicted octanol–water partition coefficient (Wildman–Crippen LogP) is 4.67. The molecule has 0 radical (unpaired) electrons. The molecule has 0 amide bonds. The van der Waals surface area contributed by atoms with Crippen LogP contribution in [0.25, 0.3) is 0 Å². The third-order valence-electron chi connectivity index (χ3n) is 3.79. The van der Waals surface area contributed by atoms with Gasteiger partial charge in [-0.2, -0.15) is 8.78 Å². The van der Waals surface area contributed by atoms with E-state index >= 15 is 0 Å². The molecule has 20 heavy (non-hydrogen) atoms. The largest absolute Gasteiger partial charge is 0.432 e. The first-order valence-corrected chi connectivity index (χ1v) is 7.03. The molecule has 1 aliphatic rings. The van der Waals surface area contributed by atoms with Crippen LogP contribution in [0, 0.1) is 17.7 Å². The van der Waals surface area contributed by atoms with Gasteiger partial charge in [0.2, 0.25) is 0 Å². The molecule has 0 aromatic heterocycles. The fourth-order valence-electron chi connectivity index (χ4n) is 2.81. The minimum absolute atomic E-state index is 0.420. The molecule has 1 fully saturated rings. The molecule has 1 aliphatic carbocycles. The van der Waals surface area contributed by atoms with Crippen molar-refractivity contribution in [1.82, 2.24) is 0 Å². The van der Waals surface area contributed by atoms with Gasteiger partial charge in [0.05, 0.1) is 0 Å². The highest BCUT2D eigenvalue weighted by atomic mass is 19.3. The van der Waals surface area contributed by atoms with Gasteiger partial charge in [-0.25, -0.2) is 4.39 Å². The van der Waals surface area contributed by atoms with E-state index in [0.717, 1.165) is 12.5 Å². The van der Waals surface area contributed by atoms with Crippen LogP contribution in [-0.4, -0.2) is 13.2 Å². The highest BCUT2D eigenvalue weighted by Gasteiger charge is 2.18. The summed E-state index contributed by atoms with van der Waals surface area (Å²) in [4.78, 5) is 0. The number of nitrogens with one attached hydrogen (secondary N) is 1. The lowest BCUT2D eigenvalue weighted by atomic mass is 9.82. The Bertz CT molecular complexity index is 439. The average Bonchev–Trinajstić information content (AvgIpc) is 2.39. The van der Waals surface area contributed by atoms with E-state index in [1.165, 1.54) is 37.8 Å². The van der Waals surface area contributed by atoms with Crippen LogP contribution in [0.2, 0.25) is 0 Å². The van der Waals surface area contributed by atoms with Crippen molar-refractivity contribution in [3.63, 3.8) is 0 Å². The maximum Gasteiger partial charge on any atom is 0.387 e. The fourth-order valence-corrected chi connectivity index (χ4v) is 2.81. The van der Waals surface area contributed by atoms with Gasteiger partial charge < -0.3 is 10.1 Å². The first kappa shape index (κ1) is 15.0. The Balaban J connectivity index is 1.88. The number of hydrogen-bond acceptors (Lipinski definition) is 2. The molecule has 1 N–H and O–H groups in total. The third kappa shape index (κ3) is 4.32. The van der Waals surface area contributed by atoms with E-state index < -0.39 is 18.2 Å². The van der Waals surface area contributed by atoms with E-state index in [2.05, 4.69) is 17.0 Å². The molecule has 2 rings (SSSR count). The van der Waals surface area contributed by atoms with Crippen molar-refractivity contribution in [2.45, 2.75) is 39.2 Å². The molecule has 112 valence electrons. The lowest BCUT2D eigenvalue weighted by Gasteiger charge is -2.27. The number of hydrogen-bond donors (Lipinski definition) is 1. The third-order valence-corrected chi connectivity index (χ3v) is 3.79. The number of benzene rings is 1. The summed E-state index contributed by atoms with van der Waals surface area (Å²) < 4.78 is 41.7. The topological polar surface area (TPSA) is 21.3 Å². The molecule has 5 heteroatoms. The second-order valence-corrected chi connectivity index (χ2v) is 5.54. The molecule has 0 saturated heterocycles. The van der Waals surface area contributed by atoms with Crippen LogP contribution in [0.4, 0.5) is 18.9 Å². The van der Waals surface area contributed by atoms with Crippen LogP contribution in [0.5, 0.6) is 5.75 Å². The van der Waals surface area contributed by atoms with Crippen molar-refractivity contribution in [3.8, 4) is 5.75 Å². The minimum atomic E-state index is -3.01. The summed E-state index contributed by atoms with van der Waals surface area (Å²) in [5.41, 5.74) is 0.599. The van der Waals surface area contributed by atoms with Crippen LogP contribution in [-0.2, 0) is 0 Å². The molecule has 0 aliphatic heterocycles. The molecule has 2 atom stereocenters. The summed E-state index contributed by atoms with van der Waals surface area (Å²) in [5, 5.41) is 3.17. The Morgan fingerprint density at radius 2 is 2.15 bits per heavy atom. The molecule has 0 bridgehead atoms. The van der Waals surface area contributed by atoms with Crippen LogP contribution < -0.4 is 10.1 Å². The van der Waals surface area contributed by atoms with Gasteiger partial charge in [0.15, 0.2) is 11.6 Å². The summed E-state index contributed by atoms with van der Waals surface area (Å²) >= 11 is 0. The lowest BCUT2D eigenvalue weighted by molar-refractivity contribution is -0.0521. The summed E-state index contributed by atoms with van der Waals surface area (Å²) in [6.45, 7) is 0.0354. The molecule has 0 spiro atoms. The Morgan fingerprint density at radius 3 is 2.80 bits per heavy atom. The van der Waals surface area contributed by atoms with Gasteiger partial charge in [-0.15, -0.1) is 0 Å². The zero-order valence-corrected chi connectivity index (χ0v) is 11.5. The first-order chi connectivity index (χ1) is 9.54. The van der Waals surface area contributed by atoms with E-state index in [1.807, 2.05) is 0 Å². The SMILES string of the molecule is CC1CCCC(CNc2ccc(OC(F)F)c(F)c2)C1. The molecule has 1 aromatic rings. The Kier molecular flexibility index (Phi) is 5.15. The Hall–Kier alpha value is -1.39.